The van der Waals surface area contributed by atoms with Gasteiger partial charge in [0, 0.05) is 19.4 Å². The van der Waals surface area contributed by atoms with Crippen LogP contribution in [0.3, 0.4) is 0 Å². The third-order valence-corrected chi connectivity index (χ3v) is 3.15. The van der Waals surface area contributed by atoms with E-state index in [0.717, 1.165) is 11.3 Å². The lowest BCUT2D eigenvalue weighted by molar-refractivity contribution is -0.383. The molecule has 0 bridgehead atoms. The van der Waals surface area contributed by atoms with E-state index in [0.29, 0.717) is 11.3 Å². The number of rotatable bonds is 5. The lowest BCUT2D eigenvalue weighted by atomic mass is 10.1. The minimum Gasteiger partial charge on any atom is -0.312 e. The molecule has 1 heterocycles. The fourth-order valence-electron chi connectivity index (χ4n) is 1.38. The van der Waals surface area contributed by atoms with E-state index < -0.39 is 10.8 Å². The summed E-state index contributed by atoms with van der Waals surface area (Å²) in [6, 6.07) is 1.22. The van der Waals surface area contributed by atoms with Gasteiger partial charge in [-0.3, -0.25) is 19.7 Å². The summed E-state index contributed by atoms with van der Waals surface area (Å²) in [5.74, 6) is -0.361. The molecule has 0 aromatic carbocycles. The number of nitrogens with zero attached hydrogens (tertiary/aromatic N) is 1. The van der Waals surface area contributed by atoms with Crippen LogP contribution in [0.1, 0.15) is 36.9 Å². The number of carbonyl (C=O) groups excluding carboxylic acids is 2. The monoisotopic (exact) mass is 270 g/mol. The SMILES string of the molecule is CC(=O)Nc1sc(C(=O)CC(C)C)cc1[N+](=O)[O-]. The van der Waals surface area contributed by atoms with E-state index in [2.05, 4.69) is 5.32 Å². The first-order valence-corrected chi connectivity index (χ1v) is 6.22. The van der Waals surface area contributed by atoms with E-state index in [4.69, 9.17) is 0 Å². The van der Waals surface area contributed by atoms with E-state index in [1.54, 1.807) is 0 Å². The number of Topliss-reactive ketones (excluding diaryl/α,β-unsaturated/α-hetero) is 1. The van der Waals surface area contributed by atoms with Gasteiger partial charge in [-0.1, -0.05) is 13.8 Å². The molecule has 0 spiro atoms. The Labute approximate surface area is 108 Å². The molecule has 1 N–H and O–H groups in total. The molecule has 0 saturated carbocycles. The molecule has 1 rings (SSSR count). The van der Waals surface area contributed by atoms with Crippen molar-refractivity contribution in [3.63, 3.8) is 0 Å². The van der Waals surface area contributed by atoms with Crippen molar-refractivity contribution in [1.82, 2.24) is 0 Å². The van der Waals surface area contributed by atoms with E-state index in [-0.39, 0.29) is 22.4 Å². The fourth-order valence-corrected chi connectivity index (χ4v) is 2.40. The fraction of sp³-hybridized carbons (Fsp3) is 0.455. The molecule has 1 aromatic rings. The summed E-state index contributed by atoms with van der Waals surface area (Å²) < 4.78 is 0. The minimum atomic E-state index is -0.603. The summed E-state index contributed by atoms with van der Waals surface area (Å²) in [5.41, 5.74) is -0.234. The van der Waals surface area contributed by atoms with Gasteiger partial charge in [-0.25, -0.2) is 0 Å². The molecule has 7 heteroatoms. The molecule has 0 radical (unpaired) electrons. The Bertz CT molecular complexity index is 493. The number of hydrogen-bond acceptors (Lipinski definition) is 5. The highest BCUT2D eigenvalue weighted by atomic mass is 32.1. The summed E-state index contributed by atoms with van der Waals surface area (Å²) in [5, 5.41) is 13.3. The second kappa shape index (κ2) is 5.72. The van der Waals surface area contributed by atoms with Crippen LogP contribution in [0.25, 0.3) is 0 Å². The zero-order valence-electron chi connectivity index (χ0n) is 10.4. The van der Waals surface area contributed by atoms with Crippen molar-refractivity contribution in [2.75, 3.05) is 5.32 Å². The summed E-state index contributed by atoms with van der Waals surface area (Å²) in [7, 11) is 0. The largest absolute Gasteiger partial charge is 0.312 e. The van der Waals surface area contributed by atoms with Crippen LogP contribution in [-0.2, 0) is 4.79 Å². The van der Waals surface area contributed by atoms with Gasteiger partial charge in [-0.05, 0) is 5.92 Å². The van der Waals surface area contributed by atoms with Crippen molar-refractivity contribution in [2.45, 2.75) is 27.2 Å². The zero-order chi connectivity index (χ0) is 13.9. The molecular weight excluding hydrogens is 256 g/mol. The van der Waals surface area contributed by atoms with E-state index >= 15 is 0 Å². The van der Waals surface area contributed by atoms with Gasteiger partial charge in [0.25, 0.3) is 0 Å². The van der Waals surface area contributed by atoms with Crippen LogP contribution >= 0.6 is 11.3 Å². The quantitative estimate of drug-likeness (QED) is 0.506. The normalized spacial score (nSPS) is 10.4. The van der Waals surface area contributed by atoms with Gasteiger partial charge >= 0.3 is 5.69 Å². The van der Waals surface area contributed by atoms with Gasteiger partial charge in [0.05, 0.1) is 9.80 Å². The summed E-state index contributed by atoms with van der Waals surface area (Å²) >= 11 is 0.943. The Morgan fingerprint density at radius 3 is 2.56 bits per heavy atom. The summed E-state index contributed by atoms with van der Waals surface area (Å²) in [6.07, 6.45) is 0.331. The highest BCUT2D eigenvalue weighted by Gasteiger charge is 2.23. The van der Waals surface area contributed by atoms with Gasteiger partial charge in [0.1, 0.15) is 0 Å². The average molecular weight is 270 g/mol. The zero-order valence-corrected chi connectivity index (χ0v) is 11.2. The van der Waals surface area contributed by atoms with Crippen molar-refractivity contribution in [3.05, 3.63) is 21.1 Å². The molecule has 0 aliphatic heterocycles. The number of nitrogens with one attached hydrogen (secondary N) is 1. The highest BCUT2D eigenvalue weighted by molar-refractivity contribution is 7.18. The predicted octanol–water partition coefficient (Wildman–Crippen LogP) is 2.84. The van der Waals surface area contributed by atoms with Crippen LogP contribution in [-0.4, -0.2) is 16.6 Å². The second-order valence-electron chi connectivity index (χ2n) is 4.28. The van der Waals surface area contributed by atoms with Crippen LogP contribution in [0, 0.1) is 16.0 Å². The maximum absolute atomic E-state index is 11.8. The standard InChI is InChI=1S/C11H14N2O4S/c1-6(2)4-9(15)10-5-8(13(16)17)11(18-10)12-7(3)14/h5-6H,4H2,1-3H3,(H,12,14). The molecule has 1 aromatic heterocycles. The van der Waals surface area contributed by atoms with Crippen molar-refractivity contribution >= 4 is 33.7 Å². The lowest BCUT2D eigenvalue weighted by Crippen LogP contribution is -2.05. The van der Waals surface area contributed by atoms with Gasteiger partial charge in [0.15, 0.2) is 10.8 Å². The molecule has 6 nitrogen and oxygen atoms in total. The smallest absolute Gasteiger partial charge is 0.304 e. The van der Waals surface area contributed by atoms with Crippen LogP contribution in [0.4, 0.5) is 10.7 Å². The molecular formula is C11H14N2O4S. The number of carbonyl (C=O) groups is 2. The molecule has 98 valence electrons. The maximum atomic E-state index is 11.8. The third-order valence-electron chi connectivity index (χ3n) is 2.07. The van der Waals surface area contributed by atoms with Crippen molar-refractivity contribution in [3.8, 4) is 0 Å². The Hall–Kier alpha value is -1.76. The maximum Gasteiger partial charge on any atom is 0.304 e. The third kappa shape index (κ3) is 3.63. The molecule has 0 aliphatic carbocycles. The first-order chi connectivity index (χ1) is 8.31. The van der Waals surface area contributed by atoms with E-state index in [1.165, 1.54) is 13.0 Å². The Balaban J connectivity index is 3.05. The Kier molecular flexibility index (Phi) is 4.55. The molecule has 0 atom stereocenters. The lowest BCUT2D eigenvalue weighted by Gasteiger charge is -2.00. The number of hydrogen-bond donors (Lipinski definition) is 1. The number of nitro groups is 1. The number of amides is 1. The van der Waals surface area contributed by atoms with Gasteiger partial charge in [-0.15, -0.1) is 11.3 Å². The predicted molar refractivity (Wildman–Crippen MR) is 69.1 cm³/mol. The van der Waals surface area contributed by atoms with E-state index in [9.17, 15) is 19.7 Å². The van der Waals surface area contributed by atoms with Crippen LogP contribution in [0.15, 0.2) is 6.07 Å². The Morgan fingerprint density at radius 1 is 1.50 bits per heavy atom. The van der Waals surface area contributed by atoms with Crippen molar-refractivity contribution < 1.29 is 14.5 Å². The summed E-state index contributed by atoms with van der Waals surface area (Å²) in [4.78, 5) is 33.2. The molecule has 0 aliphatic rings. The highest BCUT2D eigenvalue weighted by Crippen LogP contribution is 2.35. The summed E-state index contributed by atoms with van der Waals surface area (Å²) in [6.45, 7) is 5.06. The molecule has 18 heavy (non-hydrogen) atoms. The number of thiophene rings is 1. The topological polar surface area (TPSA) is 89.3 Å². The number of ketones is 1. The molecule has 0 saturated heterocycles. The average Bonchev–Trinajstić information content (AvgIpc) is 2.59. The van der Waals surface area contributed by atoms with Gasteiger partial charge < -0.3 is 5.32 Å². The first-order valence-electron chi connectivity index (χ1n) is 5.40. The number of anilines is 1. The van der Waals surface area contributed by atoms with Crippen LogP contribution in [0.2, 0.25) is 0 Å². The van der Waals surface area contributed by atoms with Gasteiger partial charge in [-0.2, -0.15) is 0 Å². The van der Waals surface area contributed by atoms with Gasteiger partial charge in [0.2, 0.25) is 5.91 Å². The molecule has 1 amide bonds. The van der Waals surface area contributed by atoms with Crippen LogP contribution < -0.4 is 5.32 Å². The van der Waals surface area contributed by atoms with Crippen LogP contribution in [0.5, 0.6) is 0 Å². The first kappa shape index (κ1) is 14.3. The minimum absolute atomic E-state index is 0.111. The second-order valence-corrected chi connectivity index (χ2v) is 5.34. The van der Waals surface area contributed by atoms with Crippen molar-refractivity contribution in [1.29, 1.82) is 0 Å². The molecule has 0 unspecified atom stereocenters. The van der Waals surface area contributed by atoms with E-state index in [1.807, 2.05) is 13.8 Å². The van der Waals surface area contributed by atoms with Crippen molar-refractivity contribution in [2.24, 2.45) is 5.92 Å². The Morgan fingerprint density at radius 2 is 2.11 bits per heavy atom. The molecule has 0 fully saturated rings.